The van der Waals surface area contributed by atoms with E-state index in [1.807, 2.05) is 54.8 Å². The SMILES string of the molecule is CN(C(=O)c1ccc2c(c1)C1C=CCC1C(c1cccs1)N2)c1ccccc1. The van der Waals surface area contributed by atoms with Crippen LogP contribution in [-0.2, 0) is 0 Å². The van der Waals surface area contributed by atoms with Crippen molar-refractivity contribution in [3.8, 4) is 0 Å². The lowest BCUT2D eigenvalue weighted by atomic mass is 9.78. The number of anilines is 2. The molecule has 0 spiro atoms. The Labute approximate surface area is 169 Å². The van der Waals surface area contributed by atoms with Gasteiger partial charge in [-0.25, -0.2) is 0 Å². The monoisotopic (exact) mass is 386 g/mol. The summed E-state index contributed by atoms with van der Waals surface area (Å²) < 4.78 is 0. The fourth-order valence-corrected chi connectivity index (χ4v) is 5.29. The molecular formula is C24H22N2OS. The second-order valence-electron chi connectivity index (χ2n) is 7.49. The zero-order chi connectivity index (χ0) is 19.1. The molecule has 0 fully saturated rings. The highest BCUT2D eigenvalue weighted by Crippen LogP contribution is 2.50. The third-order valence-corrected chi connectivity index (χ3v) is 6.86. The van der Waals surface area contributed by atoms with Crippen LogP contribution in [0.3, 0.4) is 0 Å². The van der Waals surface area contributed by atoms with Gasteiger partial charge in [-0.05, 0) is 59.7 Å². The molecule has 1 aliphatic heterocycles. The quantitative estimate of drug-likeness (QED) is 0.573. The molecule has 1 aromatic heterocycles. The highest BCUT2D eigenvalue weighted by Gasteiger charge is 2.38. The van der Waals surface area contributed by atoms with Crippen LogP contribution in [0, 0.1) is 5.92 Å². The second-order valence-corrected chi connectivity index (χ2v) is 8.47. The number of benzene rings is 2. The van der Waals surface area contributed by atoms with Crippen molar-refractivity contribution in [2.45, 2.75) is 18.4 Å². The van der Waals surface area contributed by atoms with Gasteiger partial charge in [-0.3, -0.25) is 4.79 Å². The van der Waals surface area contributed by atoms with Gasteiger partial charge in [0.25, 0.3) is 5.91 Å². The van der Waals surface area contributed by atoms with Crippen LogP contribution in [0.5, 0.6) is 0 Å². The third kappa shape index (κ3) is 2.85. The van der Waals surface area contributed by atoms with Gasteiger partial charge in [0.1, 0.15) is 0 Å². The summed E-state index contributed by atoms with van der Waals surface area (Å²) >= 11 is 1.81. The number of hydrogen-bond acceptors (Lipinski definition) is 3. The molecule has 0 saturated carbocycles. The molecule has 1 N–H and O–H groups in total. The summed E-state index contributed by atoms with van der Waals surface area (Å²) in [5.41, 5.74) is 4.02. The number of nitrogens with zero attached hydrogens (tertiary/aromatic N) is 1. The molecule has 28 heavy (non-hydrogen) atoms. The molecule has 140 valence electrons. The maximum absolute atomic E-state index is 13.1. The molecule has 4 heteroatoms. The van der Waals surface area contributed by atoms with Crippen molar-refractivity contribution in [1.29, 1.82) is 0 Å². The van der Waals surface area contributed by atoms with Gasteiger partial charge in [0, 0.05) is 34.8 Å². The molecule has 2 heterocycles. The van der Waals surface area contributed by atoms with Crippen molar-refractivity contribution >= 4 is 28.6 Å². The van der Waals surface area contributed by atoms with E-state index in [1.54, 1.807) is 4.90 Å². The third-order valence-electron chi connectivity index (χ3n) is 5.91. The van der Waals surface area contributed by atoms with Crippen LogP contribution in [-0.4, -0.2) is 13.0 Å². The summed E-state index contributed by atoms with van der Waals surface area (Å²) in [5, 5.41) is 5.89. The van der Waals surface area contributed by atoms with Gasteiger partial charge >= 0.3 is 0 Å². The Morgan fingerprint density at radius 1 is 1.11 bits per heavy atom. The Balaban J connectivity index is 1.48. The summed E-state index contributed by atoms with van der Waals surface area (Å²) in [6.07, 6.45) is 5.68. The van der Waals surface area contributed by atoms with E-state index in [2.05, 4.69) is 47.1 Å². The fourth-order valence-electron chi connectivity index (χ4n) is 4.44. The maximum atomic E-state index is 13.1. The first-order chi connectivity index (χ1) is 13.7. The first-order valence-electron chi connectivity index (χ1n) is 9.66. The largest absolute Gasteiger partial charge is 0.377 e. The lowest BCUT2D eigenvalue weighted by Gasteiger charge is -2.37. The number of allylic oxidation sites excluding steroid dienone is 2. The highest BCUT2D eigenvalue weighted by atomic mass is 32.1. The fraction of sp³-hybridized carbons (Fsp3) is 0.208. The molecule has 3 atom stereocenters. The molecule has 1 aliphatic carbocycles. The van der Waals surface area contributed by atoms with E-state index < -0.39 is 0 Å². The lowest BCUT2D eigenvalue weighted by Crippen LogP contribution is -2.30. The second kappa shape index (κ2) is 6.95. The summed E-state index contributed by atoms with van der Waals surface area (Å²) in [5.74, 6) is 0.884. The van der Waals surface area contributed by atoms with Crippen LogP contribution >= 0.6 is 11.3 Å². The van der Waals surface area contributed by atoms with Crippen LogP contribution in [0.25, 0.3) is 0 Å². The molecule has 3 aromatic rings. The Hall–Kier alpha value is -2.85. The van der Waals surface area contributed by atoms with Crippen molar-refractivity contribution in [3.05, 3.63) is 94.2 Å². The van der Waals surface area contributed by atoms with Gasteiger partial charge in [0.05, 0.1) is 6.04 Å². The predicted molar refractivity (Wildman–Crippen MR) is 116 cm³/mol. The first kappa shape index (κ1) is 17.3. The summed E-state index contributed by atoms with van der Waals surface area (Å²) in [6.45, 7) is 0. The first-order valence-corrected chi connectivity index (χ1v) is 10.5. The Morgan fingerprint density at radius 3 is 2.75 bits per heavy atom. The minimum atomic E-state index is 0.0212. The number of para-hydroxylation sites is 1. The summed E-state index contributed by atoms with van der Waals surface area (Å²) in [4.78, 5) is 16.2. The van der Waals surface area contributed by atoms with Gasteiger partial charge in [-0.1, -0.05) is 36.4 Å². The molecule has 0 saturated heterocycles. The number of carbonyl (C=O) groups is 1. The van der Waals surface area contributed by atoms with Gasteiger partial charge in [0.2, 0.25) is 0 Å². The Bertz CT molecular complexity index is 1030. The van der Waals surface area contributed by atoms with Gasteiger partial charge < -0.3 is 10.2 Å². The number of fused-ring (bicyclic) bond motifs is 3. The zero-order valence-corrected chi connectivity index (χ0v) is 16.5. The van der Waals surface area contributed by atoms with Crippen LogP contribution in [0.1, 0.15) is 39.2 Å². The Kier molecular flexibility index (Phi) is 4.29. The molecule has 1 amide bonds. The van der Waals surface area contributed by atoms with Gasteiger partial charge in [-0.15, -0.1) is 11.3 Å². The lowest BCUT2D eigenvalue weighted by molar-refractivity contribution is 0.0993. The van der Waals surface area contributed by atoms with Gasteiger partial charge in [0.15, 0.2) is 0 Å². The van der Waals surface area contributed by atoms with Crippen LogP contribution in [0.15, 0.2) is 78.2 Å². The van der Waals surface area contributed by atoms with Crippen LogP contribution in [0.2, 0.25) is 0 Å². The van der Waals surface area contributed by atoms with Crippen LogP contribution < -0.4 is 10.2 Å². The number of carbonyl (C=O) groups excluding carboxylic acids is 1. The molecule has 2 aliphatic rings. The number of rotatable bonds is 3. The van der Waals surface area contributed by atoms with E-state index in [0.29, 0.717) is 17.9 Å². The molecule has 5 rings (SSSR count). The molecule has 0 bridgehead atoms. The molecule has 0 radical (unpaired) electrons. The maximum Gasteiger partial charge on any atom is 0.258 e. The normalized spacial score (nSPS) is 22.2. The average molecular weight is 387 g/mol. The zero-order valence-electron chi connectivity index (χ0n) is 15.7. The minimum absolute atomic E-state index is 0.0212. The number of thiophene rings is 1. The van der Waals surface area contributed by atoms with E-state index in [0.717, 1.165) is 23.4 Å². The van der Waals surface area contributed by atoms with Crippen molar-refractivity contribution in [3.63, 3.8) is 0 Å². The van der Waals surface area contributed by atoms with Crippen molar-refractivity contribution < 1.29 is 4.79 Å². The van der Waals surface area contributed by atoms with E-state index >= 15 is 0 Å². The van der Waals surface area contributed by atoms with E-state index in [4.69, 9.17) is 0 Å². The minimum Gasteiger partial charge on any atom is -0.377 e. The van der Waals surface area contributed by atoms with E-state index in [-0.39, 0.29) is 5.91 Å². The van der Waals surface area contributed by atoms with Crippen molar-refractivity contribution in [2.75, 3.05) is 17.3 Å². The highest BCUT2D eigenvalue weighted by molar-refractivity contribution is 7.10. The van der Waals surface area contributed by atoms with E-state index in [1.165, 1.54) is 10.4 Å². The number of amides is 1. The number of nitrogens with one attached hydrogen (secondary N) is 1. The molecular weight excluding hydrogens is 364 g/mol. The summed E-state index contributed by atoms with van der Waals surface area (Å²) in [6, 6.07) is 20.6. The summed E-state index contributed by atoms with van der Waals surface area (Å²) in [7, 11) is 1.83. The number of hydrogen-bond donors (Lipinski definition) is 1. The standard InChI is InChI=1S/C24H22N2OS/c1-26(17-7-3-2-4-8-17)24(27)16-12-13-21-20(15-16)18-9-5-10-19(18)23(25-21)22-11-6-14-28-22/h2-9,11-15,18-19,23,25H,10H2,1H3. The molecule has 2 aromatic carbocycles. The Morgan fingerprint density at radius 2 is 1.96 bits per heavy atom. The average Bonchev–Trinajstić information content (AvgIpc) is 3.44. The topological polar surface area (TPSA) is 32.3 Å². The van der Waals surface area contributed by atoms with E-state index in [9.17, 15) is 4.79 Å². The smallest absolute Gasteiger partial charge is 0.258 e. The molecule has 3 unspecified atom stereocenters. The van der Waals surface area contributed by atoms with Crippen LogP contribution in [0.4, 0.5) is 11.4 Å². The van der Waals surface area contributed by atoms with Crippen molar-refractivity contribution in [2.24, 2.45) is 5.92 Å². The molecule has 3 nitrogen and oxygen atoms in total. The predicted octanol–water partition coefficient (Wildman–Crippen LogP) is 5.85. The van der Waals surface area contributed by atoms with Crippen molar-refractivity contribution in [1.82, 2.24) is 0 Å². The van der Waals surface area contributed by atoms with Gasteiger partial charge in [-0.2, -0.15) is 0 Å².